The van der Waals surface area contributed by atoms with Gasteiger partial charge in [0.05, 0.1) is 6.54 Å². The molecule has 2 N–H and O–H groups in total. The number of amides is 2. The molecule has 0 aliphatic heterocycles. The van der Waals surface area contributed by atoms with E-state index in [0.29, 0.717) is 5.92 Å². The van der Waals surface area contributed by atoms with Crippen LogP contribution in [0.5, 0.6) is 5.75 Å². The van der Waals surface area contributed by atoms with Gasteiger partial charge in [0.1, 0.15) is 6.61 Å². The minimum Gasteiger partial charge on any atom is -0.489 e. The van der Waals surface area contributed by atoms with E-state index in [9.17, 15) is 9.18 Å². The zero-order valence-corrected chi connectivity index (χ0v) is 13.3. The predicted molar refractivity (Wildman–Crippen MR) is 89.4 cm³/mol. The van der Waals surface area contributed by atoms with Crippen molar-refractivity contribution in [1.29, 1.82) is 0 Å². The summed E-state index contributed by atoms with van der Waals surface area (Å²) in [6, 6.07) is 13.5. The number of ether oxygens (including phenoxy) is 1. The van der Waals surface area contributed by atoms with E-state index in [4.69, 9.17) is 4.74 Å². The molecule has 2 amide bonds. The fourth-order valence-electron chi connectivity index (χ4n) is 2.17. The van der Waals surface area contributed by atoms with Crippen LogP contribution < -0.4 is 15.4 Å². The number of nitrogens with one attached hydrogen (secondary N) is 2. The first kappa shape index (κ1) is 16.8. The van der Waals surface area contributed by atoms with Crippen LogP contribution >= 0.6 is 0 Å². The van der Waals surface area contributed by atoms with Crippen LogP contribution in [0.4, 0.5) is 14.9 Å². The van der Waals surface area contributed by atoms with Gasteiger partial charge < -0.3 is 15.4 Å². The van der Waals surface area contributed by atoms with Crippen LogP contribution in [0.1, 0.15) is 25.3 Å². The maximum atomic E-state index is 13.4. The third-order valence-electron chi connectivity index (χ3n) is 3.31. The van der Waals surface area contributed by atoms with Crippen LogP contribution in [0, 0.1) is 5.82 Å². The predicted octanol–water partition coefficient (Wildman–Crippen LogP) is 4.15. The van der Waals surface area contributed by atoms with E-state index in [-0.39, 0.29) is 24.9 Å². The Hall–Kier alpha value is -2.56. The lowest BCUT2D eigenvalue weighted by atomic mass is 10.0. The highest BCUT2D eigenvalue weighted by molar-refractivity contribution is 5.90. The molecule has 0 aliphatic carbocycles. The Balaban J connectivity index is 1.79. The van der Waals surface area contributed by atoms with E-state index in [0.717, 1.165) is 11.3 Å². The lowest BCUT2D eigenvalue weighted by Gasteiger charge is -2.14. The summed E-state index contributed by atoms with van der Waals surface area (Å²) in [6.45, 7) is 4.62. The normalized spacial score (nSPS) is 10.4. The monoisotopic (exact) mass is 316 g/mol. The summed E-state index contributed by atoms with van der Waals surface area (Å²) in [5.74, 6) is 0.0820. The Labute approximate surface area is 135 Å². The van der Waals surface area contributed by atoms with Gasteiger partial charge in [0.15, 0.2) is 11.6 Å². The summed E-state index contributed by atoms with van der Waals surface area (Å²) < 4.78 is 18.6. The minimum atomic E-state index is -0.414. The second-order valence-corrected chi connectivity index (χ2v) is 5.40. The zero-order chi connectivity index (χ0) is 16.7. The molecule has 0 radical (unpaired) electrons. The van der Waals surface area contributed by atoms with Crippen LogP contribution in [0.2, 0.25) is 0 Å². The van der Waals surface area contributed by atoms with Crippen molar-refractivity contribution in [3.63, 3.8) is 0 Å². The molecule has 5 heteroatoms. The average molecular weight is 316 g/mol. The molecule has 0 spiro atoms. The molecular formula is C18H21FN2O2. The third kappa shape index (κ3) is 4.98. The van der Waals surface area contributed by atoms with Gasteiger partial charge in [-0.25, -0.2) is 9.18 Å². The van der Waals surface area contributed by atoms with Crippen LogP contribution in [-0.4, -0.2) is 19.2 Å². The summed E-state index contributed by atoms with van der Waals surface area (Å²) >= 11 is 0. The lowest BCUT2D eigenvalue weighted by molar-refractivity contribution is 0.246. The van der Waals surface area contributed by atoms with Gasteiger partial charge in [0.2, 0.25) is 0 Å². The summed E-state index contributed by atoms with van der Waals surface area (Å²) in [5.41, 5.74) is 1.86. The van der Waals surface area contributed by atoms with Gasteiger partial charge in [0, 0.05) is 5.69 Å². The van der Waals surface area contributed by atoms with Crippen molar-refractivity contribution in [3.8, 4) is 5.75 Å². The van der Waals surface area contributed by atoms with Gasteiger partial charge in [0.25, 0.3) is 0 Å². The summed E-state index contributed by atoms with van der Waals surface area (Å²) in [4.78, 5) is 11.9. The number of rotatable bonds is 6. The Morgan fingerprint density at radius 1 is 1.13 bits per heavy atom. The molecule has 2 rings (SSSR count). The van der Waals surface area contributed by atoms with Gasteiger partial charge in [-0.15, -0.1) is 0 Å². The van der Waals surface area contributed by atoms with Crippen LogP contribution in [0.25, 0.3) is 0 Å². The molecule has 2 aromatic rings. The van der Waals surface area contributed by atoms with Gasteiger partial charge in [-0.2, -0.15) is 0 Å². The van der Waals surface area contributed by atoms with Gasteiger partial charge in [-0.3, -0.25) is 0 Å². The highest BCUT2D eigenvalue weighted by atomic mass is 19.1. The molecule has 0 unspecified atom stereocenters. The van der Waals surface area contributed by atoms with Crippen molar-refractivity contribution in [3.05, 3.63) is 59.9 Å². The van der Waals surface area contributed by atoms with E-state index in [1.165, 1.54) is 6.07 Å². The van der Waals surface area contributed by atoms with Crippen molar-refractivity contribution < 1.29 is 13.9 Å². The first-order valence-corrected chi connectivity index (χ1v) is 7.59. The lowest BCUT2D eigenvalue weighted by Crippen LogP contribution is -2.32. The van der Waals surface area contributed by atoms with E-state index in [1.54, 1.807) is 18.2 Å². The molecule has 23 heavy (non-hydrogen) atoms. The highest BCUT2D eigenvalue weighted by Crippen LogP contribution is 2.23. The molecule has 0 fully saturated rings. The first-order chi connectivity index (χ1) is 11.1. The maximum Gasteiger partial charge on any atom is 0.319 e. The quantitative estimate of drug-likeness (QED) is 0.787. The molecule has 122 valence electrons. The van der Waals surface area contributed by atoms with E-state index in [1.807, 2.05) is 24.3 Å². The van der Waals surface area contributed by atoms with Crippen molar-refractivity contribution in [1.82, 2.24) is 5.32 Å². The number of anilines is 1. The zero-order valence-electron chi connectivity index (χ0n) is 13.3. The molecule has 0 atom stereocenters. The number of hydrogen-bond donors (Lipinski definition) is 2. The molecule has 0 bridgehead atoms. The molecule has 4 nitrogen and oxygen atoms in total. The molecule has 0 aromatic heterocycles. The Morgan fingerprint density at radius 2 is 1.83 bits per heavy atom. The SMILES string of the molecule is CC(C)c1ccccc1NC(=O)NCCOc1ccccc1F. The van der Waals surface area contributed by atoms with E-state index in [2.05, 4.69) is 24.5 Å². The fraction of sp³-hybridized carbons (Fsp3) is 0.278. The minimum absolute atomic E-state index is 0.180. The van der Waals surface area contributed by atoms with Crippen molar-refractivity contribution in [2.45, 2.75) is 19.8 Å². The number of urea groups is 1. The Morgan fingerprint density at radius 3 is 2.57 bits per heavy atom. The van der Waals surface area contributed by atoms with Crippen molar-refractivity contribution >= 4 is 11.7 Å². The van der Waals surface area contributed by atoms with E-state index >= 15 is 0 Å². The van der Waals surface area contributed by atoms with Gasteiger partial charge >= 0.3 is 6.03 Å². The third-order valence-corrected chi connectivity index (χ3v) is 3.31. The summed E-state index contributed by atoms with van der Waals surface area (Å²) in [7, 11) is 0. The van der Waals surface area contributed by atoms with Crippen LogP contribution in [-0.2, 0) is 0 Å². The second-order valence-electron chi connectivity index (χ2n) is 5.40. The molecule has 0 saturated carbocycles. The molecule has 0 aliphatic rings. The van der Waals surface area contributed by atoms with E-state index < -0.39 is 5.82 Å². The highest BCUT2D eigenvalue weighted by Gasteiger charge is 2.08. The van der Waals surface area contributed by atoms with Crippen molar-refractivity contribution in [2.75, 3.05) is 18.5 Å². The fourth-order valence-corrected chi connectivity index (χ4v) is 2.17. The molecule has 0 heterocycles. The number of hydrogen-bond acceptors (Lipinski definition) is 2. The topological polar surface area (TPSA) is 50.4 Å². The van der Waals surface area contributed by atoms with Crippen molar-refractivity contribution in [2.24, 2.45) is 0 Å². The van der Waals surface area contributed by atoms with Crippen LogP contribution in [0.15, 0.2) is 48.5 Å². The molecular weight excluding hydrogens is 295 g/mol. The van der Waals surface area contributed by atoms with Gasteiger partial charge in [-0.1, -0.05) is 44.2 Å². The molecule has 0 saturated heterocycles. The smallest absolute Gasteiger partial charge is 0.319 e. The number of para-hydroxylation sites is 2. The second kappa shape index (κ2) is 8.17. The Kier molecular flexibility index (Phi) is 5.97. The average Bonchev–Trinajstić information content (AvgIpc) is 2.53. The standard InChI is InChI=1S/C18H21FN2O2/c1-13(2)14-7-3-5-9-16(14)21-18(22)20-11-12-23-17-10-6-4-8-15(17)19/h3-10,13H,11-12H2,1-2H3,(H2,20,21,22). The maximum absolute atomic E-state index is 13.4. The largest absolute Gasteiger partial charge is 0.489 e. The van der Waals surface area contributed by atoms with Gasteiger partial charge in [-0.05, 0) is 29.7 Å². The first-order valence-electron chi connectivity index (χ1n) is 7.59. The number of carbonyl (C=O) groups excluding carboxylic acids is 1. The summed E-state index contributed by atoms with van der Waals surface area (Å²) in [6.07, 6.45) is 0. The number of benzene rings is 2. The number of halogens is 1. The molecule has 2 aromatic carbocycles. The Bertz CT molecular complexity index is 659. The summed E-state index contributed by atoms with van der Waals surface area (Å²) in [5, 5.41) is 5.51. The van der Waals surface area contributed by atoms with Crippen LogP contribution in [0.3, 0.4) is 0 Å². The number of carbonyl (C=O) groups is 1.